The van der Waals surface area contributed by atoms with Crippen LogP contribution >= 0.6 is 12.2 Å². The fourth-order valence-corrected chi connectivity index (χ4v) is 3.22. The number of nitrogens with two attached hydrogens (primary N) is 1. The summed E-state index contributed by atoms with van der Waals surface area (Å²) in [5.41, 5.74) is 6.33. The first kappa shape index (κ1) is 15.0. The normalized spacial score (nSPS) is 11.7. The molecule has 1 aromatic heterocycles. The molecule has 0 aliphatic rings. The molecule has 1 rings (SSSR count). The number of pyridine rings is 1. The summed E-state index contributed by atoms with van der Waals surface area (Å²) in [6.07, 6.45) is 3.75. The zero-order chi connectivity index (χ0) is 13.6. The van der Waals surface area contributed by atoms with E-state index < -0.39 is 10.0 Å². The Bertz CT molecular complexity index is 488. The second kappa shape index (κ2) is 6.77. The Morgan fingerprint density at radius 2 is 2.06 bits per heavy atom. The monoisotopic (exact) mass is 287 g/mol. The molecular weight excluding hydrogens is 270 g/mol. The van der Waals surface area contributed by atoms with Gasteiger partial charge in [-0.15, -0.1) is 0 Å². The van der Waals surface area contributed by atoms with Crippen molar-refractivity contribution in [2.75, 3.05) is 18.8 Å². The SMILES string of the molecule is CCN(CC(N)=S)S(=O)(=O)CCc1ccncc1. The molecule has 7 heteroatoms. The molecule has 18 heavy (non-hydrogen) atoms. The van der Waals surface area contributed by atoms with Gasteiger partial charge in [0.1, 0.15) is 0 Å². The van der Waals surface area contributed by atoms with Crippen molar-refractivity contribution < 1.29 is 8.42 Å². The minimum atomic E-state index is -3.32. The van der Waals surface area contributed by atoms with Crippen molar-refractivity contribution in [3.8, 4) is 0 Å². The number of nitrogens with zero attached hydrogens (tertiary/aromatic N) is 2. The molecule has 0 atom stereocenters. The van der Waals surface area contributed by atoms with Crippen molar-refractivity contribution in [3.05, 3.63) is 30.1 Å². The van der Waals surface area contributed by atoms with E-state index in [1.165, 1.54) is 4.31 Å². The van der Waals surface area contributed by atoms with E-state index in [2.05, 4.69) is 4.98 Å². The zero-order valence-electron chi connectivity index (χ0n) is 10.2. The van der Waals surface area contributed by atoms with Crippen molar-refractivity contribution in [3.63, 3.8) is 0 Å². The number of likely N-dealkylation sites (N-methyl/N-ethyl adjacent to an activating group) is 1. The Hall–Kier alpha value is -1.05. The summed E-state index contributed by atoms with van der Waals surface area (Å²) >= 11 is 4.75. The summed E-state index contributed by atoms with van der Waals surface area (Å²) < 4.78 is 25.4. The molecule has 100 valence electrons. The quantitative estimate of drug-likeness (QED) is 0.742. The molecule has 0 aliphatic carbocycles. The van der Waals surface area contributed by atoms with Gasteiger partial charge in [0, 0.05) is 18.9 Å². The predicted molar refractivity (Wildman–Crippen MR) is 75.8 cm³/mol. The van der Waals surface area contributed by atoms with E-state index in [0.29, 0.717) is 13.0 Å². The average Bonchev–Trinajstić information content (AvgIpc) is 2.34. The minimum Gasteiger partial charge on any atom is -0.392 e. The Morgan fingerprint density at radius 3 is 2.56 bits per heavy atom. The zero-order valence-corrected chi connectivity index (χ0v) is 11.9. The first-order valence-corrected chi connectivity index (χ1v) is 7.62. The second-order valence-electron chi connectivity index (χ2n) is 3.81. The lowest BCUT2D eigenvalue weighted by molar-refractivity contribution is 0.467. The van der Waals surface area contributed by atoms with E-state index in [0.717, 1.165) is 5.56 Å². The third-order valence-electron chi connectivity index (χ3n) is 2.48. The van der Waals surface area contributed by atoms with E-state index in [1.54, 1.807) is 31.5 Å². The highest BCUT2D eigenvalue weighted by molar-refractivity contribution is 7.89. The van der Waals surface area contributed by atoms with Crippen LogP contribution in [0, 0.1) is 0 Å². The molecule has 0 amide bonds. The van der Waals surface area contributed by atoms with Crippen LogP contribution in [-0.2, 0) is 16.4 Å². The highest BCUT2D eigenvalue weighted by Gasteiger charge is 2.20. The second-order valence-corrected chi connectivity index (χ2v) is 6.43. The third kappa shape index (κ3) is 4.67. The van der Waals surface area contributed by atoms with Crippen LogP contribution < -0.4 is 5.73 Å². The highest BCUT2D eigenvalue weighted by atomic mass is 32.2. The van der Waals surface area contributed by atoms with Gasteiger partial charge >= 0.3 is 0 Å². The molecule has 0 aromatic carbocycles. The van der Waals surface area contributed by atoms with Crippen LogP contribution in [0.1, 0.15) is 12.5 Å². The van der Waals surface area contributed by atoms with Gasteiger partial charge in [-0.2, -0.15) is 4.31 Å². The number of sulfonamides is 1. The average molecular weight is 287 g/mol. The number of aromatic nitrogens is 1. The van der Waals surface area contributed by atoms with Crippen molar-refractivity contribution in [2.24, 2.45) is 5.73 Å². The van der Waals surface area contributed by atoms with E-state index in [-0.39, 0.29) is 17.3 Å². The Morgan fingerprint density at radius 1 is 1.44 bits per heavy atom. The lowest BCUT2D eigenvalue weighted by atomic mass is 10.2. The lowest BCUT2D eigenvalue weighted by Gasteiger charge is -2.19. The van der Waals surface area contributed by atoms with Crippen molar-refractivity contribution in [1.29, 1.82) is 0 Å². The summed E-state index contributed by atoms with van der Waals surface area (Å²) in [7, 11) is -3.32. The van der Waals surface area contributed by atoms with Crippen LogP contribution in [0.3, 0.4) is 0 Å². The molecule has 0 unspecified atom stereocenters. The largest absolute Gasteiger partial charge is 0.392 e. The van der Waals surface area contributed by atoms with Gasteiger partial charge in [-0.25, -0.2) is 8.42 Å². The van der Waals surface area contributed by atoms with Crippen molar-refractivity contribution in [2.45, 2.75) is 13.3 Å². The number of aryl methyl sites for hydroxylation is 1. The van der Waals surface area contributed by atoms with Gasteiger partial charge in [-0.3, -0.25) is 4.98 Å². The molecule has 0 aliphatic heterocycles. The van der Waals surface area contributed by atoms with Crippen molar-refractivity contribution >= 4 is 27.2 Å². The maximum atomic E-state index is 12.1. The number of rotatable bonds is 7. The summed E-state index contributed by atoms with van der Waals surface area (Å²) in [6, 6.07) is 3.61. The highest BCUT2D eigenvalue weighted by Crippen LogP contribution is 2.06. The summed E-state index contributed by atoms with van der Waals surface area (Å²) in [6.45, 7) is 2.24. The Kier molecular flexibility index (Phi) is 5.64. The van der Waals surface area contributed by atoms with Crippen LogP contribution in [0.25, 0.3) is 0 Å². The fourth-order valence-electron chi connectivity index (χ4n) is 1.51. The van der Waals surface area contributed by atoms with E-state index >= 15 is 0 Å². The first-order chi connectivity index (χ1) is 8.45. The molecule has 0 spiro atoms. The van der Waals surface area contributed by atoms with E-state index in [1.807, 2.05) is 0 Å². The Balaban J connectivity index is 2.66. The smallest absolute Gasteiger partial charge is 0.214 e. The molecule has 0 saturated heterocycles. The Labute approximate surface area is 113 Å². The molecular formula is C11H17N3O2S2. The number of hydrogen-bond acceptors (Lipinski definition) is 4. The van der Waals surface area contributed by atoms with Crippen LogP contribution in [0.2, 0.25) is 0 Å². The van der Waals surface area contributed by atoms with Crippen molar-refractivity contribution in [1.82, 2.24) is 9.29 Å². The molecule has 1 aromatic rings. The van der Waals surface area contributed by atoms with Gasteiger partial charge < -0.3 is 5.73 Å². The molecule has 5 nitrogen and oxygen atoms in total. The van der Waals surface area contributed by atoms with Crippen LogP contribution in [-0.4, -0.2) is 41.5 Å². The van der Waals surface area contributed by atoms with Gasteiger partial charge in [0.25, 0.3) is 0 Å². The molecule has 2 N–H and O–H groups in total. The molecule has 0 saturated carbocycles. The summed E-state index contributed by atoms with van der Waals surface area (Å²) in [5.74, 6) is 0.0491. The van der Waals surface area contributed by atoms with E-state index in [4.69, 9.17) is 18.0 Å². The third-order valence-corrected chi connectivity index (χ3v) is 4.50. The topological polar surface area (TPSA) is 76.3 Å². The van der Waals surface area contributed by atoms with Gasteiger partial charge in [-0.1, -0.05) is 19.1 Å². The van der Waals surface area contributed by atoms with Crippen LogP contribution in [0.4, 0.5) is 0 Å². The van der Waals surface area contributed by atoms with Crippen LogP contribution in [0.5, 0.6) is 0 Å². The minimum absolute atomic E-state index is 0.0491. The van der Waals surface area contributed by atoms with E-state index in [9.17, 15) is 8.42 Å². The maximum Gasteiger partial charge on any atom is 0.214 e. The van der Waals surface area contributed by atoms with Crippen LogP contribution in [0.15, 0.2) is 24.5 Å². The molecule has 0 fully saturated rings. The van der Waals surface area contributed by atoms with Gasteiger partial charge in [0.15, 0.2) is 0 Å². The fraction of sp³-hybridized carbons (Fsp3) is 0.455. The van der Waals surface area contributed by atoms with Gasteiger partial charge in [-0.05, 0) is 24.1 Å². The predicted octanol–water partition coefficient (Wildman–Crippen LogP) is 0.562. The number of thiocarbonyl (C=S) groups is 1. The standard InChI is InChI=1S/C11H17N3O2S2/c1-2-14(9-11(12)17)18(15,16)8-5-10-3-6-13-7-4-10/h3-4,6-7H,2,5,8-9H2,1H3,(H2,12,17). The summed E-state index contributed by atoms with van der Waals surface area (Å²) in [5, 5.41) is 0. The number of hydrogen-bond donors (Lipinski definition) is 1. The van der Waals surface area contributed by atoms with Gasteiger partial charge in [0.2, 0.25) is 10.0 Å². The lowest BCUT2D eigenvalue weighted by Crippen LogP contribution is -2.39. The molecule has 1 heterocycles. The first-order valence-electron chi connectivity index (χ1n) is 5.60. The maximum absolute atomic E-state index is 12.1. The van der Waals surface area contributed by atoms with Gasteiger partial charge in [0.05, 0.1) is 17.3 Å². The molecule has 0 radical (unpaired) electrons. The molecule has 0 bridgehead atoms. The summed E-state index contributed by atoms with van der Waals surface area (Å²) in [4.78, 5) is 4.07.